The number of aliphatic hydroxyl groups is 3. The molecule has 9 heteroatoms. The Bertz CT molecular complexity index is 459. The summed E-state index contributed by atoms with van der Waals surface area (Å²) in [6.45, 7) is -0.641. The third-order valence-corrected chi connectivity index (χ3v) is 4.20. The Hall–Kier alpha value is -1.26. The van der Waals surface area contributed by atoms with E-state index in [0.717, 1.165) is 4.90 Å². The lowest BCUT2D eigenvalue weighted by Crippen LogP contribution is -2.59. The minimum absolute atomic E-state index is 0.174. The van der Waals surface area contributed by atoms with Gasteiger partial charge in [-0.1, -0.05) is 0 Å². The van der Waals surface area contributed by atoms with Gasteiger partial charge in [0.15, 0.2) is 6.23 Å². The number of fused-ring (bicyclic) bond motifs is 1. The number of nitrogens with zero attached hydrogens (tertiary/aromatic N) is 2. The minimum atomic E-state index is -1.33. The van der Waals surface area contributed by atoms with Crippen LogP contribution >= 0.6 is 0 Å². The van der Waals surface area contributed by atoms with Crippen LogP contribution in [0, 0.1) is 5.92 Å². The van der Waals surface area contributed by atoms with Gasteiger partial charge in [0.1, 0.15) is 25.0 Å². The van der Waals surface area contributed by atoms with Crippen LogP contribution in [0.4, 0.5) is 4.79 Å². The van der Waals surface area contributed by atoms with Crippen LogP contribution < -0.4 is 0 Å². The SMILES string of the molecule is COCN1C(=O)[C@H]2C[C@H]2N([C@@H]2O[C@H](CO)[C@@H](O)[C@H]2O)C1=O. The van der Waals surface area contributed by atoms with Crippen LogP contribution in [0.1, 0.15) is 6.42 Å². The second-order valence-corrected chi connectivity index (χ2v) is 5.51. The highest BCUT2D eigenvalue weighted by Gasteiger charge is 2.61. The Kier molecular flexibility index (Phi) is 3.62. The van der Waals surface area contributed by atoms with Crippen molar-refractivity contribution in [2.24, 2.45) is 5.92 Å². The lowest BCUT2D eigenvalue weighted by molar-refractivity contribution is -0.142. The van der Waals surface area contributed by atoms with Gasteiger partial charge in [0.2, 0.25) is 5.91 Å². The number of methoxy groups -OCH3 is 1. The summed E-state index contributed by atoms with van der Waals surface area (Å²) in [5, 5.41) is 28.9. The van der Waals surface area contributed by atoms with Crippen molar-refractivity contribution in [1.82, 2.24) is 9.80 Å². The number of hydrogen-bond donors (Lipinski definition) is 3. The maximum atomic E-state index is 12.4. The van der Waals surface area contributed by atoms with Gasteiger partial charge < -0.3 is 24.8 Å². The Labute approximate surface area is 120 Å². The molecule has 1 saturated carbocycles. The molecular formula is C12H18N2O7. The highest BCUT2D eigenvalue weighted by Crippen LogP contribution is 2.44. The van der Waals surface area contributed by atoms with Gasteiger partial charge in [-0.15, -0.1) is 0 Å². The lowest BCUT2D eigenvalue weighted by Gasteiger charge is -2.37. The first-order valence-electron chi connectivity index (χ1n) is 6.76. The third-order valence-electron chi connectivity index (χ3n) is 4.20. The van der Waals surface area contributed by atoms with Crippen molar-refractivity contribution in [2.75, 3.05) is 20.4 Å². The average Bonchev–Trinajstić information content (AvgIpc) is 3.20. The number of carbonyl (C=O) groups is 2. The molecule has 2 saturated heterocycles. The standard InChI is InChI=1S/C12H18N2O7/c1-20-4-13-10(18)5-2-6(5)14(12(13)19)11-9(17)8(16)7(3-15)21-11/h5-9,11,15-17H,2-4H2,1H3/t5-,6+,7+,8+,9+,11+/m0/s1. The van der Waals surface area contributed by atoms with E-state index in [1.165, 1.54) is 12.0 Å². The molecular weight excluding hydrogens is 284 g/mol. The maximum Gasteiger partial charge on any atom is 0.331 e. The molecule has 2 heterocycles. The fraction of sp³-hybridized carbons (Fsp3) is 0.833. The molecule has 3 aliphatic rings. The highest BCUT2D eigenvalue weighted by atomic mass is 16.6. The van der Waals surface area contributed by atoms with E-state index in [-0.39, 0.29) is 24.6 Å². The van der Waals surface area contributed by atoms with Crippen molar-refractivity contribution in [3.05, 3.63) is 0 Å². The second-order valence-electron chi connectivity index (χ2n) is 5.51. The molecule has 3 fully saturated rings. The van der Waals surface area contributed by atoms with Crippen LogP contribution in [0.5, 0.6) is 0 Å². The summed E-state index contributed by atoms with van der Waals surface area (Å²) >= 11 is 0. The van der Waals surface area contributed by atoms with E-state index in [4.69, 9.17) is 14.6 Å². The zero-order valence-corrected chi connectivity index (χ0v) is 11.5. The monoisotopic (exact) mass is 302 g/mol. The number of imide groups is 1. The van der Waals surface area contributed by atoms with E-state index < -0.39 is 37.2 Å². The molecule has 21 heavy (non-hydrogen) atoms. The summed E-state index contributed by atoms with van der Waals surface area (Å²) in [4.78, 5) is 26.6. The predicted octanol–water partition coefficient (Wildman–Crippen LogP) is -2.32. The minimum Gasteiger partial charge on any atom is -0.394 e. The number of amides is 3. The quantitative estimate of drug-likeness (QED) is 0.533. The molecule has 3 amide bonds. The Morgan fingerprint density at radius 1 is 1.33 bits per heavy atom. The Morgan fingerprint density at radius 2 is 2.05 bits per heavy atom. The molecule has 0 aromatic carbocycles. The van der Waals surface area contributed by atoms with E-state index in [1.54, 1.807) is 0 Å². The normalized spacial score (nSPS) is 42.5. The van der Waals surface area contributed by atoms with E-state index in [2.05, 4.69) is 0 Å². The van der Waals surface area contributed by atoms with Crippen LogP contribution in [0.25, 0.3) is 0 Å². The summed E-state index contributed by atoms with van der Waals surface area (Å²) in [7, 11) is 1.37. The lowest BCUT2D eigenvalue weighted by atomic mass is 10.1. The number of urea groups is 1. The number of hydrogen-bond acceptors (Lipinski definition) is 7. The van der Waals surface area contributed by atoms with Gasteiger partial charge in [0.05, 0.1) is 12.5 Å². The van der Waals surface area contributed by atoms with Gasteiger partial charge >= 0.3 is 6.03 Å². The topological polar surface area (TPSA) is 120 Å². The first kappa shape index (κ1) is 14.7. The van der Waals surface area contributed by atoms with Gasteiger partial charge in [-0.2, -0.15) is 0 Å². The molecule has 2 aliphatic heterocycles. The fourth-order valence-corrected chi connectivity index (χ4v) is 2.99. The molecule has 0 bridgehead atoms. The molecule has 0 spiro atoms. The van der Waals surface area contributed by atoms with Crippen molar-refractivity contribution >= 4 is 11.9 Å². The summed E-state index contributed by atoms with van der Waals surface area (Å²) in [6, 6.07) is -0.946. The zero-order valence-electron chi connectivity index (χ0n) is 11.5. The zero-order chi connectivity index (χ0) is 15.3. The fourth-order valence-electron chi connectivity index (χ4n) is 2.99. The van der Waals surface area contributed by atoms with E-state index in [0.29, 0.717) is 6.42 Å². The predicted molar refractivity (Wildman–Crippen MR) is 65.6 cm³/mol. The Morgan fingerprint density at radius 3 is 2.62 bits per heavy atom. The summed E-state index contributed by atoms with van der Waals surface area (Å²) in [5.41, 5.74) is 0. The van der Waals surface area contributed by atoms with Gasteiger partial charge in [-0.25, -0.2) is 9.69 Å². The van der Waals surface area contributed by atoms with Gasteiger partial charge in [0.25, 0.3) is 0 Å². The first-order valence-corrected chi connectivity index (χ1v) is 6.76. The largest absolute Gasteiger partial charge is 0.394 e. The van der Waals surface area contributed by atoms with Crippen LogP contribution in [-0.4, -0.2) is 88.1 Å². The first-order chi connectivity index (χ1) is 10.0. The molecule has 1 aliphatic carbocycles. The molecule has 0 radical (unpaired) electrons. The molecule has 3 N–H and O–H groups in total. The Balaban J connectivity index is 1.82. The highest BCUT2D eigenvalue weighted by molar-refractivity contribution is 6.00. The second kappa shape index (κ2) is 5.18. The number of rotatable bonds is 4. The molecule has 6 atom stereocenters. The van der Waals surface area contributed by atoms with Gasteiger partial charge in [-0.05, 0) is 6.42 Å². The van der Waals surface area contributed by atoms with E-state index >= 15 is 0 Å². The van der Waals surface area contributed by atoms with Crippen molar-refractivity contribution in [3.63, 3.8) is 0 Å². The maximum absolute atomic E-state index is 12.4. The van der Waals surface area contributed by atoms with Crippen LogP contribution in [0.3, 0.4) is 0 Å². The molecule has 0 unspecified atom stereocenters. The average molecular weight is 302 g/mol. The van der Waals surface area contributed by atoms with Crippen LogP contribution in [0.2, 0.25) is 0 Å². The number of carbonyl (C=O) groups excluding carboxylic acids is 2. The number of ether oxygens (including phenoxy) is 2. The summed E-state index contributed by atoms with van der Waals surface area (Å²) < 4.78 is 10.2. The van der Waals surface area contributed by atoms with Crippen molar-refractivity contribution in [2.45, 2.75) is 37.0 Å². The van der Waals surface area contributed by atoms with Crippen LogP contribution in [0.15, 0.2) is 0 Å². The summed E-state index contributed by atoms with van der Waals surface area (Å²) in [5.74, 6) is -0.617. The van der Waals surface area contributed by atoms with Crippen molar-refractivity contribution in [3.8, 4) is 0 Å². The van der Waals surface area contributed by atoms with Crippen molar-refractivity contribution in [1.29, 1.82) is 0 Å². The van der Waals surface area contributed by atoms with Gasteiger partial charge in [0, 0.05) is 13.2 Å². The molecule has 3 rings (SSSR count). The van der Waals surface area contributed by atoms with Gasteiger partial charge in [-0.3, -0.25) is 9.69 Å². The summed E-state index contributed by atoms with van der Waals surface area (Å²) in [6.07, 6.45) is -4.14. The smallest absolute Gasteiger partial charge is 0.331 e. The number of aliphatic hydroxyl groups excluding tert-OH is 3. The molecule has 118 valence electrons. The molecule has 0 aromatic heterocycles. The van der Waals surface area contributed by atoms with E-state index in [1.807, 2.05) is 0 Å². The van der Waals surface area contributed by atoms with Crippen LogP contribution in [-0.2, 0) is 14.3 Å². The third kappa shape index (κ3) is 2.12. The molecule has 9 nitrogen and oxygen atoms in total. The van der Waals surface area contributed by atoms with Crippen molar-refractivity contribution < 1.29 is 34.4 Å². The van der Waals surface area contributed by atoms with E-state index in [9.17, 15) is 19.8 Å². The molecule has 0 aromatic rings.